The van der Waals surface area contributed by atoms with Gasteiger partial charge in [0.25, 0.3) is 0 Å². The minimum atomic E-state index is 0.538. The van der Waals surface area contributed by atoms with Crippen molar-refractivity contribution in [2.75, 3.05) is 43.6 Å². The molecule has 0 atom stereocenters. The van der Waals surface area contributed by atoms with Gasteiger partial charge in [0.1, 0.15) is 5.75 Å². The third-order valence-corrected chi connectivity index (χ3v) is 5.54. The molecule has 1 aliphatic heterocycles. The molecule has 1 fully saturated rings. The number of anilines is 1. The summed E-state index contributed by atoms with van der Waals surface area (Å²) in [6, 6.07) is 6.35. The number of hydrogen-bond acceptors (Lipinski definition) is 6. The van der Waals surface area contributed by atoms with Crippen LogP contribution in [0.25, 0.3) is 0 Å². The number of nitrogens with zero attached hydrogens (tertiary/aromatic N) is 4. The van der Waals surface area contributed by atoms with Crippen molar-refractivity contribution in [3.8, 4) is 5.75 Å². The number of aryl methyl sites for hydroxylation is 1. The molecule has 2 heterocycles. The van der Waals surface area contributed by atoms with Crippen LogP contribution in [0.15, 0.2) is 23.4 Å². The van der Waals surface area contributed by atoms with Gasteiger partial charge in [-0.3, -0.25) is 4.57 Å². The van der Waals surface area contributed by atoms with E-state index >= 15 is 0 Å². The smallest absolute Gasteiger partial charge is 0.227 e. The molecule has 1 saturated heterocycles. The normalized spacial score (nSPS) is 14.9. The van der Waals surface area contributed by atoms with Crippen molar-refractivity contribution >= 4 is 17.7 Å². The Balaban J connectivity index is 1.49. The Morgan fingerprint density at radius 1 is 1.23 bits per heavy atom. The second-order valence-electron chi connectivity index (χ2n) is 6.81. The zero-order valence-corrected chi connectivity index (χ0v) is 16.9. The SMILES string of the molecule is Cc1cc(OCCSc2nnc(N3CCOCC3)n2C)ccc1C(C)C. The Hall–Kier alpha value is -1.73. The van der Waals surface area contributed by atoms with Gasteiger partial charge in [0.2, 0.25) is 5.95 Å². The van der Waals surface area contributed by atoms with Gasteiger partial charge in [0.15, 0.2) is 5.16 Å². The van der Waals surface area contributed by atoms with E-state index in [1.807, 2.05) is 7.05 Å². The maximum absolute atomic E-state index is 5.90. The Morgan fingerprint density at radius 3 is 2.69 bits per heavy atom. The zero-order valence-electron chi connectivity index (χ0n) is 16.1. The highest BCUT2D eigenvalue weighted by Crippen LogP contribution is 2.24. The molecule has 1 aromatic carbocycles. The first-order chi connectivity index (χ1) is 12.6. The lowest BCUT2D eigenvalue weighted by molar-refractivity contribution is 0.121. The van der Waals surface area contributed by atoms with E-state index in [4.69, 9.17) is 9.47 Å². The number of ether oxygens (including phenoxy) is 2. The fourth-order valence-corrected chi connectivity index (χ4v) is 3.87. The second-order valence-corrected chi connectivity index (χ2v) is 7.87. The zero-order chi connectivity index (χ0) is 18.5. The lowest BCUT2D eigenvalue weighted by atomic mass is 9.98. The molecule has 0 unspecified atom stereocenters. The van der Waals surface area contributed by atoms with Gasteiger partial charge in [0, 0.05) is 25.9 Å². The predicted molar refractivity (Wildman–Crippen MR) is 106 cm³/mol. The molecule has 3 rings (SSSR count). The van der Waals surface area contributed by atoms with Crippen LogP contribution >= 0.6 is 11.8 Å². The summed E-state index contributed by atoms with van der Waals surface area (Å²) >= 11 is 1.67. The molecule has 0 N–H and O–H groups in total. The van der Waals surface area contributed by atoms with E-state index in [1.54, 1.807) is 11.8 Å². The van der Waals surface area contributed by atoms with Gasteiger partial charge in [0.05, 0.1) is 19.8 Å². The Bertz CT molecular complexity index is 726. The van der Waals surface area contributed by atoms with E-state index in [0.717, 1.165) is 48.9 Å². The quantitative estimate of drug-likeness (QED) is 0.546. The average molecular weight is 377 g/mol. The number of morpholine rings is 1. The molecule has 0 saturated carbocycles. The summed E-state index contributed by atoms with van der Waals surface area (Å²) in [4.78, 5) is 2.22. The first kappa shape index (κ1) is 19.0. The minimum absolute atomic E-state index is 0.538. The van der Waals surface area contributed by atoms with Gasteiger partial charge in [-0.25, -0.2) is 0 Å². The highest BCUT2D eigenvalue weighted by Gasteiger charge is 2.18. The first-order valence-corrected chi connectivity index (χ1v) is 10.1. The maximum Gasteiger partial charge on any atom is 0.227 e. The van der Waals surface area contributed by atoms with E-state index in [9.17, 15) is 0 Å². The largest absolute Gasteiger partial charge is 0.493 e. The van der Waals surface area contributed by atoms with E-state index in [-0.39, 0.29) is 0 Å². The van der Waals surface area contributed by atoms with Crippen molar-refractivity contribution < 1.29 is 9.47 Å². The van der Waals surface area contributed by atoms with Crippen LogP contribution in [0.5, 0.6) is 5.75 Å². The summed E-state index contributed by atoms with van der Waals surface area (Å²) < 4.78 is 13.4. The molecule has 142 valence electrons. The number of rotatable bonds is 7. The molecule has 1 aromatic heterocycles. The molecule has 0 bridgehead atoms. The van der Waals surface area contributed by atoms with Crippen molar-refractivity contribution in [3.05, 3.63) is 29.3 Å². The van der Waals surface area contributed by atoms with Gasteiger partial charge in [-0.05, 0) is 36.1 Å². The van der Waals surface area contributed by atoms with Crippen LogP contribution in [-0.2, 0) is 11.8 Å². The lowest BCUT2D eigenvalue weighted by Gasteiger charge is -2.27. The summed E-state index contributed by atoms with van der Waals surface area (Å²) in [5, 5.41) is 9.57. The van der Waals surface area contributed by atoms with Crippen molar-refractivity contribution in [1.82, 2.24) is 14.8 Å². The van der Waals surface area contributed by atoms with Gasteiger partial charge < -0.3 is 14.4 Å². The molecule has 2 aromatic rings. The number of aromatic nitrogens is 3. The molecule has 1 aliphatic rings. The van der Waals surface area contributed by atoms with Crippen LogP contribution in [-0.4, -0.2) is 53.4 Å². The van der Waals surface area contributed by atoms with E-state index in [0.29, 0.717) is 12.5 Å². The van der Waals surface area contributed by atoms with Crippen molar-refractivity contribution in [3.63, 3.8) is 0 Å². The van der Waals surface area contributed by atoms with E-state index in [1.165, 1.54) is 11.1 Å². The molecule has 0 radical (unpaired) electrons. The molecule has 6 nitrogen and oxygen atoms in total. The van der Waals surface area contributed by atoms with Gasteiger partial charge in [-0.2, -0.15) is 0 Å². The molecule has 26 heavy (non-hydrogen) atoms. The minimum Gasteiger partial charge on any atom is -0.493 e. The predicted octanol–water partition coefficient (Wildman–Crippen LogP) is 3.25. The summed E-state index contributed by atoms with van der Waals surface area (Å²) in [7, 11) is 2.02. The summed E-state index contributed by atoms with van der Waals surface area (Å²) in [5.41, 5.74) is 2.66. The van der Waals surface area contributed by atoms with Crippen molar-refractivity contribution in [1.29, 1.82) is 0 Å². The van der Waals surface area contributed by atoms with Crippen molar-refractivity contribution in [2.45, 2.75) is 31.8 Å². The lowest BCUT2D eigenvalue weighted by Crippen LogP contribution is -2.37. The highest BCUT2D eigenvalue weighted by molar-refractivity contribution is 7.99. The molecule has 7 heteroatoms. The Morgan fingerprint density at radius 2 is 2.00 bits per heavy atom. The van der Waals surface area contributed by atoms with Crippen LogP contribution < -0.4 is 9.64 Å². The monoisotopic (exact) mass is 376 g/mol. The average Bonchev–Trinajstić information content (AvgIpc) is 3.00. The van der Waals surface area contributed by atoms with Crippen LogP contribution in [0.4, 0.5) is 5.95 Å². The number of thioether (sulfide) groups is 1. The highest BCUT2D eigenvalue weighted by atomic mass is 32.2. The van der Waals surface area contributed by atoms with Gasteiger partial charge in [-0.15, -0.1) is 10.2 Å². The summed E-state index contributed by atoms with van der Waals surface area (Å²) in [6.07, 6.45) is 0. The summed E-state index contributed by atoms with van der Waals surface area (Å²) in [6.45, 7) is 10.4. The fraction of sp³-hybridized carbons (Fsp3) is 0.579. The number of benzene rings is 1. The topological polar surface area (TPSA) is 52.4 Å². The Labute approximate surface area is 159 Å². The van der Waals surface area contributed by atoms with E-state index in [2.05, 4.69) is 58.6 Å². The van der Waals surface area contributed by atoms with Crippen LogP contribution in [0.1, 0.15) is 30.9 Å². The van der Waals surface area contributed by atoms with E-state index < -0.39 is 0 Å². The fourth-order valence-electron chi connectivity index (χ4n) is 3.15. The summed E-state index contributed by atoms with van der Waals surface area (Å²) in [5.74, 6) is 3.22. The molecule has 0 amide bonds. The third kappa shape index (κ3) is 4.51. The van der Waals surface area contributed by atoms with Crippen LogP contribution in [0, 0.1) is 6.92 Å². The van der Waals surface area contributed by atoms with Crippen LogP contribution in [0.2, 0.25) is 0 Å². The molecular weight excluding hydrogens is 348 g/mol. The van der Waals surface area contributed by atoms with Crippen LogP contribution in [0.3, 0.4) is 0 Å². The third-order valence-electron chi connectivity index (χ3n) is 4.55. The van der Waals surface area contributed by atoms with Gasteiger partial charge in [-0.1, -0.05) is 31.7 Å². The molecule has 0 spiro atoms. The standard InChI is InChI=1S/C19H28N4O2S/c1-14(2)17-6-5-16(13-15(17)3)25-11-12-26-19-21-20-18(22(19)4)23-7-9-24-10-8-23/h5-6,13-14H,7-12H2,1-4H3. The van der Waals surface area contributed by atoms with Crippen molar-refractivity contribution in [2.24, 2.45) is 7.05 Å². The first-order valence-electron chi connectivity index (χ1n) is 9.14. The molecular formula is C19H28N4O2S. The van der Waals surface area contributed by atoms with Gasteiger partial charge >= 0.3 is 0 Å². The second kappa shape index (κ2) is 8.77. The molecule has 0 aliphatic carbocycles. The number of hydrogen-bond donors (Lipinski definition) is 0. The Kier molecular flexibility index (Phi) is 6.43. The maximum atomic E-state index is 5.90.